The van der Waals surface area contributed by atoms with Crippen LogP contribution in [0.4, 0.5) is 13.2 Å². The lowest BCUT2D eigenvalue weighted by atomic mass is 10.2. The molecule has 0 aliphatic carbocycles. The summed E-state index contributed by atoms with van der Waals surface area (Å²) in [5.41, 5.74) is 10.2. The van der Waals surface area contributed by atoms with Gasteiger partial charge in [-0.25, -0.2) is 18.2 Å². The van der Waals surface area contributed by atoms with Gasteiger partial charge < -0.3 is 11.5 Å². The zero-order chi connectivity index (χ0) is 10.7. The van der Waals surface area contributed by atoms with Crippen LogP contribution in [0.1, 0.15) is 5.56 Å². The molecule has 3 nitrogen and oxygen atoms in total. The van der Waals surface area contributed by atoms with E-state index in [0.717, 1.165) is 12.1 Å². The van der Waals surface area contributed by atoms with E-state index in [0.29, 0.717) is 0 Å². The second-order valence-corrected chi connectivity index (χ2v) is 2.61. The summed E-state index contributed by atoms with van der Waals surface area (Å²) in [5.74, 6) is -4.22. The first-order chi connectivity index (χ1) is 6.50. The second kappa shape index (κ2) is 5.45. The van der Waals surface area contributed by atoms with E-state index in [-0.39, 0.29) is 30.5 Å². The molecule has 0 atom stereocenters. The van der Waals surface area contributed by atoms with Crippen LogP contribution in [0.2, 0.25) is 0 Å². The standard InChI is InChI=1S/C8H8F3N3.ClH/c9-5-1-4(3-14-8(12)13)2-6(10)7(5)11;/h1-2H,3H2,(H4,12,13,14);1H. The first-order valence-electron chi connectivity index (χ1n) is 3.69. The summed E-state index contributed by atoms with van der Waals surface area (Å²) in [4.78, 5) is 3.52. The van der Waals surface area contributed by atoms with E-state index in [1.54, 1.807) is 0 Å². The molecule has 0 saturated carbocycles. The summed E-state index contributed by atoms with van der Waals surface area (Å²) < 4.78 is 37.8. The van der Waals surface area contributed by atoms with E-state index >= 15 is 0 Å². The van der Waals surface area contributed by atoms with Crippen molar-refractivity contribution >= 4 is 18.4 Å². The first kappa shape index (κ1) is 13.6. The third-order valence-corrected chi connectivity index (χ3v) is 1.49. The van der Waals surface area contributed by atoms with Crippen LogP contribution in [0.15, 0.2) is 17.1 Å². The molecular formula is C8H9ClF3N3. The van der Waals surface area contributed by atoms with Crippen molar-refractivity contribution in [3.8, 4) is 0 Å². The third-order valence-electron chi connectivity index (χ3n) is 1.49. The highest BCUT2D eigenvalue weighted by Crippen LogP contribution is 2.13. The minimum absolute atomic E-state index is 0. The maximum Gasteiger partial charge on any atom is 0.194 e. The van der Waals surface area contributed by atoms with Gasteiger partial charge in [0.25, 0.3) is 0 Å². The zero-order valence-electron chi connectivity index (χ0n) is 7.51. The largest absolute Gasteiger partial charge is 0.370 e. The average Bonchev–Trinajstić information content (AvgIpc) is 2.10. The monoisotopic (exact) mass is 239 g/mol. The molecule has 0 unspecified atom stereocenters. The Morgan fingerprint density at radius 1 is 1.13 bits per heavy atom. The highest BCUT2D eigenvalue weighted by Gasteiger charge is 2.09. The number of guanidine groups is 1. The molecule has 0 bridgehead atoms. The van der Waals surface area contributed by atoms with Gasteiger partial charge in [0.1, 0.15) is 0 Å². The van der Waals surface area contributed by atoms with Crippen molar-refractivity contribution in [2.24, 2.45) is 16.5 Å². The molecule has 0 heterocycles. The molecule has 15 heavy (non-hydrogen) atoms. The minimum atomic E-state index is -1.50. The summed E-state index contributed by atoms with van der Waals surface area (Å²) in [6.07, 6.45) is 0. The second-order valence-electron chi connectivity index (χ2n) is 2.61. The molecule has 0 spiro atoms. The predicted molar refractivity (Wildman–Crippen MR) is 53.1 cm³/mol. The Labute approximate surface area is 90.4 Å². The summed E-state index contributed by atoms with van der Waals surface area (Å²) in [6, 6.07) is 1.68. The molecule has 1 aromatic rings. The zero-order valence-corrected chi connectivity index (χ0v) is 8.32. The molecule has 7 heteroatoms. The molecule has 0 fully saturated rings. The van der Waals surface area contributed by atoms with Gasteiger partial charge in [0.05, 0.1) is 6.54 Å². The highest BCUT2D eigenvalue weighted by atomic mass is 35.5. The molecule has 1 aromatic carbocycles. The topological polar surface area (TPSA) is 64.4 Å². The first-order valence-corrected chi connectivity index (χ1v) is 3.69. The van der Waals surface area contributed by atoms with E-state index < -0.39 is 17.5 Å². The SMILES string of the molecule is Cl.NC(N)=NCc1cc(F)c(F)c(F)c1. The van der Waals surface area contributed by atoms with Crippen molar-refractivity contribution in [1.82, 2.24) is 0 Å². The molecule has 84 valence electrons. The summed E-state index contributed by atoms with van der Waals surface area (Å²) in [5, 5.41) is 0. The Balaban J connectivity index is 0.00000196. The van der Waals surface area contributed by atoms with Crippen LogP contribution in [-0.4, -0.2) is 5.96 Å². The van der Waals surface area contributed by atoms with Crippen LogP contribution in [0.3, 0.4) is 0 Å². The average molecular weight is 240 g/mol. The van der Waals surface area contributed by atoms with Gasteiger partial charge in [-0.05, 0) is 17.7 Å². The Morgan fingerprint density at radius 2 is 1.60 bits per heavy atom. The molecular weight excluding hydrogens is 231 g/mol. The highest BCUT2D eigenvalue weighted by molar-refractivity contribution is 5.85. The summed E-state index contributed by atoms with van der Waals surface area (Å²) in [6.45, 7) is -0.0869. The van der Waals surface area contributed by atoms with Crippen molar-refractivity contribution in [3.05, 3.63) is 35.1 Å². The molecule has 0 aliphatic rings. The van der Waals surface area contributed by atoms with Crippen molar-refractivity contribution in [2.45, 2.75) is 6.54 Å². The van der Waals surface area contributed by atoms with Gasteiger partial charge in [-0.1, -0.05) is 0 Å². The van der Waals surface area contributed by atoms with Gasteiger partial charge >= 0.3 is 0 Å². The predicted octanol–water partition coefficient (Wildman–Crippen LogP) is 1.30. The van der Waals surface area contributed by atoms with Crippen LogP contribution in [0.5, 0.6) is 0 Å². The van der Waals surface area contributed by atoms with Gasteiger partial charge in [0.15, 0.2) is 23.4 Å². The Morgan fingerprint density at radius 3 is 2.00 bits per heavy atom. The van der Waals surface area contributed by atoms with Crippen LogP contribution in [0, 0.1) is 17.5 Å². The number of benzene rings is 1. The maximum absolute atomic E-state index is 12.6. The molecule has 1 rings (SSSR count). The van der Waals surface area contributed by atoms with Gasteiger partial charge in [-0.2, -0.15) is 0 Å². The summed E-state index contributed by atoms with van der Waals surface area (Å²) >= 11 is 0. The quantitative estimate of drug-likeness (QED) is 0.464. The molecule has 4 N–H and O–H groups in total. The number of nitrogens with zero attached hydrogens (tertiary/aromatic N) is 1. The maximum atomic E-state index is 12.6. The van der Waals surface area contributed by atoms with Crippen LogP contribution in [-0.2, 0) is 6.54 Å². The van der Waals surface area contributed by atoms with E-state index in [1.807, 2.05) is 0 Å². The molecule has 0 radical (unpaired) electrons. The molecule has 0 amide bonds. The van der Waals surface area contributed by atoms with Gasteiger partial charge in [0, 0.05) is 0 Å². The lowest BCUT2D eigenvalue weighted by Gasteiger charge is -2.00. The number of rotatable bonds is 2. The van der Waals surface area contributed by atoms with E-state index in [4.69, 9.17) is 11.5 Å². The van der Waals surface area contributed by atoms with Crippen molar-refractivity contribution in [3.63, 3.8) is 0 Å². The van der Waals surface area contributed by atoms with Gasteiger partial charge in [0.2, 0.25) is 0 Å². The normalized spacial score (nSPS) is 9.27. The Hall–Kier alpha value is -1.43. The fourth-order valence-corrected chi connectivity index (χ4v) is 0.882. The van der Waals surface area contributed by atoms with Crippen LogP contribution in [0.25, 0.3) is 0 Å². The Kier molecular flexibility index (Phi) is 4.93. The van der Waals surface area contributed by atoms with E-state index in [1.165, 1.54) is 0 Å². The number of aliphatic imine (C=N–C) groups is 1. The van der Waals surface area contributed by atoms with E-state index in [9.17, 15) is 13.2 Å². The number of hydrogen-bond donors (Lipinski definition) is 2. The number of hydrogen-bond acceptors (Lipinski definition) is 1. The molecule has 0 aromatic heterocycles. The number of nitrogens with two attached hydrogens (primary N) is 2. The van der Waals surface area contributed by atoms with Crippen LogP contribution < -0.4 is 11.5 Å². The summed E-state index contributed by atoms with van der Waals surface area (Å²) in [7, 11) is 0. The third kappa shape index (κ3) is 3.67. The lowest BCUT2D eigenvalue weighted by molar-refractivity contribution is 0.445. The van der Waals surface area contributed by atoms with Crippen molar-refractivity contribution < 1.29 is 13.2 Å². The van der Waals surface area contributed by atoms with Crippen molar-refractivity contribution in [1.29, 1.82) is 0 Å². The smallest absolute Gasteiger partial charge is 0.194 e. The van der Waals surface area contributed by atoms with Gasteiger partial charge in [-0.3, -0.25) is 0 Å². The minimum Gasteiger partial charge on any atom is -0.370 e. The molecule has 0 aliphatic heterocycles. The number of halogens is 4. The molecule has 0 saturated heterocycles. The fourth-order valence-electron chi connectivity index (χ4n) is 0.882. The van der Waals surface area contributed by atoms with Gasteiger partial charge in [-0.15, -0.1) is 12.4 Å². The van der Waals surface area contributed by atoms with Crippen LogP contribution >= 0.6 is 12.4 Å². The fraction of sp³-hybridized carbons (Fsp3) is 0.125. The Bertz CT molecular complexity index is 354. The van der Waals surface area contributed by atoms with Crippen molar-refractivity contribution in [2.75, 3.05) is 0 Å². The lowest BCUT2D eigenvalue weighted by Crippen LogP contribution is -2.22. The van der Waals surface area contributed by atoms with E-state index in [2.05, 4.69) is 4.99 Å².